The lowest BCUT2D eigenvalue weighted by molar-refractivity contribution is 0.824. The second kappa shape index (κ2) is 2.72. The van der Waals surface area contributed by atoms with Crippen molar-refractivity contribution in [3.63, 3.8) is 0 Å². The summed E-state index contributed by atoms with van der Waals surface area (Å²) in [5.74, 6) is 0. The molecule has 10 heavy (non-hydrogen) atoms. The molecule has 3 nitrogen and oxygen atoms in total. The minimum atomic E-state index is 0. The fraction of sp³-hybridized carbons (Fsp3) is 0. The van der Waals surface area contributed by atoms with E-state index in [2.05, 4.69) is 9.97 Å². The third-order valence-electron chi connectivity index (χ3n) is 1.15. The Morgan fingerprint density at radius 2 is 2.20 bits per heavy atom. The summed E-state index contributed by atoms with van der Waals surface area (Å²) >= 11 is 1.65. The van der Waals surface area contributed by atoms with Gasteiger partial charge in [-0.05, 0) is 0 Å². The SMILES string of the molecule is O.c1ncc2cscc2n1. The Labute approximate surface area is 61.7 Å². The quantitative estimate of drug-likeness (QED) is 0.565. The van der Waals surface area contributed by atoms with Crippen molar-refractivity contribution in [3.8, 4) is 0 Å². The van der Waals surface area contributed by atoms with E-state index in [9.17, 15) is 0 Å². The molecule has 2 N–H and O–H groups in total. The fourth-order valence-electron chi connectivity index (χ4n) is 0.711. The maximum absolute atomic E-state index is 4.04. The third kappa shape index (κ3) is 0.984. The van der Waals surface area contributed by atoms with E-state index in [0.717, 1.165) is 10.9 Å². The Hall–Kier alpha value is -1.00. The molecule has 0 bridgehead atoms. The van der Waals surface area contributed by atoms with Crippen LogP contribution in [0.15, 0.2) is 23.3 Å². The highest BCUT2D eigenvalue weighted by atomic mass is 32.1. The second-order valence-electron chi connectivity index (χ2n) is 1.74. The standard InChI is InChI=1S/C6H4N2S.H2O/c1-5-2-9-3-6(5)8-4-7-1;/h1-4H;1H2. The van der Waals surface area contributed by atoms with E-state index in [-0.39, 0.29) is 5.48 Å². The van der Waals surface area contributed by atoms with E-state index < -0.39 is 0 Å². The van der Waals surface area contributed by atoms with E-state index in [1.54, 1.807) is 17.7 Å². The first-order valence-electron chi connectivity index (χ1n) is 2.59. The normalized spacial score (nSPS) is 9.20. The van der Waals surface area contributed by atoms with Crippen molar-refractivity contribution in [2.24, 2.45) is 0 Å². The van der Waals surface area contributed by atoms with Gasteiger partial charge in [0.05, 0.1) is 5.52 Å². The van der Waals surface area contributed by atoms with Gasteiger partial charge in [-0.25, -0.2) is 9.97 Å². The van der Waals surface area contributed by atoms with E-state index in [1.165, 1.54) is 0 Å². The van der Waals surface area contributed by atoms with Crippen molar-refractivity contribution in [1.82, 2.24) is 9.97 Å². The average molecular weight is 154 g/mol. The van der Waals surface area contributed by atoms with Crippen molar-refractivity contribution < 1.29 is 5.48 Å². The largest absolute Gasteiger partial charge is 0.412 e. The van der Waals surface area contributed by atoms with Crippen LogP contribution in [0, 0.1) is 0 Å². The molecule has 0 aliphatic rings. The number of thiophene rings is 1. The first kappa shape index (κ1) is 7.11. The van der Waals surface area contributed by atoms with Crippen molar-refractivity contribution in [1.29, 1.82) is 0 Å². The minimum absolute atomic E-state index is 0. The third-order valence-corrected chi connectivity index (χ3v) is 1.90. The predicted molar refractivity (Wildman–Crippen MR) is 41.0 cm³/mol. The van der Waals surface area contributed by atoms with E-state index >= 15 is 0 Å². The molecule has 0 amide bonds. The fourth-order valence-corrected chi connectivity index (χ4v) is 1.43. The first-order valence-corrected chi connectivity index (χ1v) is 3.53. The zero-order valence-electron chi connectivity index (χ0n) is 5.11. The van der Waals surface area contributed by atoms with Crippen LogP contribution >= 0.6 is 11.3 Å². The highest BCUT2D eigenvalue weighted by Crippen LogP contribution is 2.13. The van der Waals surface area contributed by atoms with Crippen LogP contribution in [0.3, 0.4) is 0 Å². The van der Waals surface area contributed by atoms with Crippen LogP contribution in [0.2, 0.25) is 0 Å². The second-order valence-corrected chi connectivity index (χ2v) is 2.48. The summed E-state index contributed by atoms with van der Waals surface area (Å²) in [6.07, 6.45) is 3.38. The Bertz CT molecular complexity index is 290. The summed E-state index contributed by atoms with van der Waals surface area (Å²) in [5.41, 5.74) is 1.04. The van der Waals surface area contributed by atoms with Crippen molar-refractivity contribution in [2.75, 3.05) is 0 Å². The number of hydrogen-bond donors (Lipinski definition) is 0. The zero-order valence-corrected chi connectivity index (χ0v) is 5.93. The lowest BCUT2D eigenvalue weighted by Gasteiger charge is -1.81. The first-order chi connectivity index (χ1) is 4.47. The van der Waals surface area contributed by atoms with Crippen LogP contribution < -0.4 is 0 Å². The van der Waals surface area contributed by atoms with E-state index in [0.29, 0.717) is 0 Å². The molecule has 2 heterocycles. The lowest BCUT2D eigenvalue weighted by Crippen LogP contribution is -1.72. The van der Waals surface area contributed by atoms with Crippen LogP contribution in [0.4, 0.5) is 0 Å². The number of rotatable bonds is 0. The van der Waals surface area contributed by atoms with Gasteiger partial charge in [0.15, 0.2) is 0 Å². The summed E-state index contributed by atoms with van der Waals surface area (Å²) < 4.78 is 0. The molecule has 0 fully saturated rings. The molecular weight excluding hydrogens is 148 g/mol. The Morgan fingerprint density at radius 3 is 3.00 bits per heavy atom. The smallest absolute Gasteiger partial charge is 0.116 e. The summed E-state index contributed by atoms with van der Waals surface area (Å²) in [6.45, 7) is 0. The molecule has 0 aromatic carbocycles. The number of fused-ring (bicyclic) bond motifs is 1. The van der Waals surface area contributed by atoms with Gasteiger partial charge in [-0.1, -0.05) is 0 Å². The Balaban J connectivity index is 0.000000500. The van der Waals surface area contributed by atoms with Gasteiger partial charge in [0.1, 0.15) is 6.33 Å². The molecule has 0 unspecified atom stereocenters. The molecule has 2 rings (SSSR count). The molecule has 4 heteroatoms. The molecule has 0 saturated carbocycles. The number of hydrogen-bond acceptors (Lipinski definition) is 3. The molecule has 0 radical (unpaired) electrons. The summed E-state index contributed by atoms with van der Waals surface area (Å²) in [5, 5.41) is 5.18. The van der Waals surface area contributed by atoms with E-state index in [1.807, 2.05) is 17.0 Å². The van der Waals surface area contributed by atoms with Crippen LogP contribution in [0.25, 0.3) is 10.9 Å². The highest BCUT2D eigenvalue weighted by molar-refractivity contribution is 7.09. The zero-order chi connectivity index (χ0) is 6.10. The lowest BCUT2D eigenvalue weighted by atomic mass is 10.4. The maximum Gasteiger partial charge on any atom is 0.116 e. The summed E-state index contributed by atoms with van der Waals surface area (Å²) in [4.78, 5) is 7.92. The van der Waals surface area contributed by atoms with Gasteiger partial charge in [-0.3, -0.25) is 0 Å². The monoisotopic (exact) mass is 154 g/mol. The topological polar surface area (TPSA) is 57.3 Å². The molecule has 0 aliphatic carbocycles. The van der Waals surface area contributed by atoms with Gasteiger partial charge in [0.25, 0.3) is 0 Å². The van der Waals surface area contributed by atoms with Gasteiger partial charge >= 0.3 is 0 Å². The molecule has 0 aliphatic heterocycles. The molecule has 0 saturated heterocycles. The van der Waals surface area contributed by atoms with Gasteiger partial charge in [-0.2, -0.15) is 0 Å². The van der Waals surface area contributed by atoms with Crippen LogP contribution in [-0.2, 0) is 0 Å². The van der Waals surface area contributed by atoms with Gasteiger partial charge in [0, 0.05) is 22.3 Å². The maximum atomic E-state index is 4.04. The van der Waals surface area contributed by atoms with Gasteiger partial charge in [-0.15, -0.1) is 11.3 Å². The average Bonchev–Trinajstić information content (AvgIpc) is 2.33. The molecule has 0 spiro atoms. The molecule has 2 aromatic rings. The summed E-state index contributed by atoms with van der Waals surface area (Å²) in [6, 6.07) is 0. The Kier molecular flexibility index (Phi) is 1.94. The molecular formula is C6H6N2OS. The molecule has 2 aromatic heterocycles. The van der Waals surface area contributed by atoms with Crippen molar-refractivity contribution >= 4 is 22.2 Å². The van der Waals surface area contributed by atoms with Gasteiger partial charge in [0.2, 0.25) is 0 Å². The number of nitrogens with zero attached hydrogens (tertiary/aromatic N) is 2. The van der Waals surface area contributed by atoms with Crippen molar-refractivity contribution in [2.45, 2.75) is 0 Å². The van der Waals surface area contributed by atoms with Crippen LogP contribution in [0.1, 0.15) is 0 Å². The molecule has 52 valence electrons. The Morgan fingerprint density at radius 1 is 1.30 bits per heavy atom. The molecule has 0 atom stereocenters. The van der Waals surface area contributed by atoms with Crippen LogP contribution in [-0.4, -0.2) is 15.4 Å². The van der Waals surface area contributed by atoms with E-state index in [4.69, 9.17) is 0 Å². The van der Waals surface area contributed by atoms with Gasteiger partial charge < -0.3 is 5.48 Å². The van der Waals surface area contributed by atoms with Crippen molar-refractivity contribution in [3.05, 3.63) is 23.3 Å². The number of aromatic nitrogens is 2. The van der Waals surface area contributed by atoms with Crippen LogP contribution in [0.5, 0.6) is 0 Å². The summed E-state index contributed by atoms with van der Waals surface area (Å²) in [7, 11) is 0. The highest BCUT2D eigenvalue weighted by Gasteiger charge is 1.90. The minimum Gasteiger partial charge on any atom is -0.412 e. The predicted octanol–water partition coefficient (Wildman–Crippen LogP) is 0.867.